The molecule has 0 saturated carbocycles. The summed E-state index contributed by atoms with van der Waals surface area (Å²) in [6, 6.07) is 10.8. The zero-order valence-corrected chi connectivity index (χ0v) is 16.1. The predicted octanol–water partition coefficient (Wildman–Crippen LogP) is 3.13. The third-order valence-corrected chi connectivity index (χ3v) is 4.45. The average Bonchev–Trinajstić information content (AvgIpc) is 2.66. The van der Waals surface area contributed by atoms with Crippen molar-refractivity contribution >= 4 is 45.5 Å². The van der Waals surface area contributed by atoms with Crippen LogP contribution in [-0.4, -0.2) is 32.1 Å². The molecule has 2 aromatic carbocycles. The molecule has 1 aliphatic heterocycles. The molecule has 0 radical (unpaired) electrons. The van der Waals surface area contributed by atoms with Crippen LogP contribution in [0, 0.1) is 0 Å². The highest BCUT2D eigenvalue weighted by atomic mass is 79.9. The van der Waals surface area contributed by atoms with Gasteiger partial charge in [-0.15, -0.1) is 0 Å². The van der Waals surface area contributed by atoms with E-state index in [1.54, 1.807) is 42.5 Å². The third kappa shape index (κ3) is 3.70. The van der Waals surface area contributed by atoms with Crippen LogP contribution in [0.25, 0.3) is 6.08 Å². The molecule has 1 fully saturated rings. The summed E-state index contributed by atoms with van der Waals surface area (Å²) >= 11 is 3.30. The Kier molecular flexibility index (Phi) is 5.27. The van der Waals surface area contributed by atoms with Crippen LogP contribution in [-0.2, 0) is 9.59 Å². The maximum absolute atomic E-state index is 12.9. The molecular formula is C19H15BrN2O5. The van der Waals surface area contributed by atoms with Crippen LogP contribution in [0.1, 0.15) is 5.56 Å². The molecule has 1 heterocycles. The number of benzene rings is 2. The number of imide groups is 2. The summed E-state index contributed by atoms with van der Waals surface area (Å²) in [5.74, 6) is -0.512. The molecular weight excluding hydrogens is 416 g/mol. The van der Waals surface area contributed by atoms with Gasteiger partial charge in [-0.25, -0.2) is 9.69 Å². The van der Waals surface area contributed by atoms with Gasteiger partial charge in [0.15, 0.2) is 0 Å². The predicted molar refractivity (Wildman–Crippen MR) is 103 cm³/mol. The fourth-order valence-corrected chi connectivity index (χ4v) is 2.85. The Balaban J connectivity index is 2.05. The van der Waals surface area contributed by atoms with Crippen molar-refractivity contribution in [3.05, 3.63) is 58.1 Å². The first-order chi connectivity index (χ1) is 12.9. The van der Waals surface area contributed by atoms with E-state index in [0.717, 1.165) is 9.37 Å². The average molecular weight is 431 g/mol. The lowest BCUT2D eigenvalue weighted by molar-refractivity contribution is -0.122. The fraction of sp³-hybridized carbons (Fsp3) is 0.105. The first-order valence-electron chi connectivity index (χ1n) is 7.83. The van der Waals surface area contributed by atoms with Crippen LogP contribution in [0.3, 0.4) is 0 Å². The van der Waals surface area contributed by atoms with E-state index >= 15 is 0 Å². The quantitative estimate of drug-likeness (QED) is 0.594. The fourth-order valence-electron chi connectivity index (χ4n) is 2.59. The van der Waals surface area contributed by atoms with E-state index in [0.29, 0.717) is 22.7 Å². The van der Waals surface area contributed by atoms with Crippen LogP contribution in [0.15, 0.2) is 52.5 Å². The third-order valence-electron chi connectivity index (χ3n) is 3.92. The highest BCUT2D eigenvalue weighted by Crippen LogP contribution is 2.28. The van der Waals surface area contributed by atoms with E-state index in [-0.39, 0.29) is 5.57 Å². The lowest BCUT2D eigenvalue weighted by Crippen LogP contribution is -2.54. The molecule has 4 amide bonds. The summed E-state index contributed by atoms with van der Waals surface area (Å²) < 4.78 is 11.2. The Labute approximate surface area is 163 Å². The number of nitrogens with zero attached hydrogens (tertiary/aromatic N) is 1. The number of carbonyl (C=O) groups excluding carboxylic acids is 3. The molecule has 8 heteroatoms. The van der Waals surface area contributed by atoms with Crippen molar-refractivity contribution in [2.45, 2.75) is 0 Å². The first-order valence-corrected chi connectivity index (χ1v) is 8.63. The van der Waals surface area contributed by atoms with Crippen molar-refractivity contribution in [3.8, 4) is 11.5 Å². The van der Waals surface area contributed by atoms with Crippen molar-refractivity contribution in [1.82, 2.24) is 5.32 Å². The van der Waals surface area contributed by atoms with Crippen molar-refractivity contribution < 1.29 is 23.9 Å². The Morgan fingerprint density at radius 2 is 1.70 bits per heavy atom. The van der Waals surface area contributed by atoms with Crippen LogP contribution in [0.2, 0.25) is 0 Å². The normalized spacial score (nSPS) is 15.7. The van der Waals surface area contributed by atoms with Crippen LogP contribution in [0.4, 0.5) is 10.5 Å². The molecule has 1 saturated heterocycles. The van der Waals surface area contributed by atoms with Crippen LogP contribution < -0.4 is 19.7 Å². The number of methoxy groups -OCH3 is 2. The molecule has 138 valence electrons. The number of halogens is 1. The molecule has 0 unspecified atom stereocenters. The summed E-state index contributed by atoms with van der Waals surface area (Å²) in [4.78, 5) is 38.3. The van der Waals surface area contributed by atoms with E-state index in [2.05, 4.69) is 21.2 Å². The minimum Gasteiger partial charge on any atom is -0.497 e. The SMILES string of the molecule is COc1ccc(OC)c(/C=C2/C(=O)NC(=O)N(c3ccc(Br)cc3)C2=O)c1. The standard InChI is InChI=1S/C19H15BrN2O5/c1-26-14-7-8-16(27-2)11(9-14)10-15-17(23)21-19(25)22(18(15)24)13-5-3-12(20)4-6-13/h3-10H,1-2H3,(H,21,23,25)/b15-10-. The number of carbonyl (C=O) groups is 3. The van der Waals surface area contributed by atoms with Crippen molar-refractivity contribution in [2.24, 2.45) is 0 Å². The van der Waals surface area contributed by atoms with Crippen LogP contribution in [0.5, 0.6) is 11.5 Å². The molecule has 27 heavy (non-hydrogen) atoms. The van der Waals surface area contributed by atoms with Gasteiger partial charge in [0, 0.05) is 10.0 Å². The number of nitrogens with one attached hydrogen (secondary N) is 1. The van der Waals surface area contributed by atoms with Gasteiger partial charge in [0.1, 0.15) is 17.1 Å². The zero-order chi connectivity index (χ0) is 19.6. The van der Waals surface area contributed by atoms with Crippen molar-refractivity contribution in [2.75, 3.05) is 19.1 Å². The molecule has 0 spiro atoms. The number of barbiturate groups is 1. The molecule has 1 N–H and O–H groups in total. The molecule has 2 aromatic rings. The number of ether oxygens (including phenoxy) is 2. The number of hydrogen-bond acceptors (Lipinski definition) is 5. The lowest BCUT2D eigenvalue weighted by atomic mass is 10.1. The molecule has 3 rings (SSSR count). The maximum atomic E-state index is 12.9. The largest absolute Gasteiger partial charge is 0.497 e. The summed E-state index contributed by atoms with van der Waals surface area (Å²) in [5, 5.41) is 2.18. The van der Waals surface area contributed by atoms with Crippen molar-refractivity contribution in [1.29, 1.82) is 0 Å². The highest BCUT2D eigenvalue weighted by Gasteiger charge is 2.36. The van der Waals surface area contributed by atoms with Gasteiger partial charge in [-0.05, 0) is 48.5 Å². The number of anilines is 1. The minimum atomic E-state index is -0.804. The van der Waals surface area contributed by atoms with Crippen LogP contribution >= 0.6 is 15.9 Å². The Morgan fingerprint density at radius 1 is 1.00 bits per heavy atom. The number of hydrogen-bond donors (Lipinski definition) is 1. The maximum Gasteiger partial charge on any atom is 0.335 e. The van der Waals surface area contributed by atoms with E-state index in [9.17, 15) is 14.4 Å². The van der Waals surface area contributed by atoms with Gasteiger partial charge in [0.05, 0.1) is 19.9 Å². The second-order valence-electron chi connectivity index (χ2n) is 5.54. The highest BCUT2D eigenvalue weighted by molar-refractivity contribution is 9.10. The van der Waals surface area contributed by atoms with Gasteiger partial charge in [0.2, 0.25) is 0 Å². The summed E-state index contributed by atoms with van der Waals surface area (Å²) in [6.07, 6.45) is 1.37. The molecule has 0 atom stereocenters. The lowest BCUT2D eigenvalue weighted by Gasteiger charge is -2.26. The van der Waals surface area contributed by atoms with Gasteiger partial charge in [0.25, 0.3) is 11.8 Å². The summed E-state index contributed by atoms with van der Waals surface area (Å²) in [6.45, 7) is 0. The Morgan fingerprint density at radius 3 is 2.33 bits per heavy atom. The van der Waals surface area contributed by atoms with Gasteiger partial charge in [-0.3, -0.25) is 14.9 Å². The van der Waals surface area contributed by atoms with E-state index < -0.39 is 17.8 Å². The molecule has 0 aromatic heterocycles. The summed E-state index contributed by atoms with van der Waals surface area (Å²) in [7, 11) is 2.98. The van der Waals surface area contributed by atoms with E-state index in [4.69, 9.17) is 9.47 Å². The van der Waals surface area contributed by atoms with Crippen molar-refractivity contribution in [3.63, 3.8) is 0 Å². The van der Waals surface area contributed by atoms with Gasteiger partial charge >= 0.3 is 6.03 Å². The number of urea groups is 1. The topological polar surface area (TPSA) is 84.9 Å². The Bertz CT molecular complexity index is 953. The molecule has 7 nitrogen and oxygen atoms in total. The minimum absolute atomic E-state index is 0.191. The molecule has 0 aliphatic carbocycles. The second kappa shape index (κ2) is 7.63. The second-order valence-corrected chi connectivity index (χ2v) is 6.46. The smallest absolute Gasteiger partial charge is 0.335 e. The van der Waals surface area contributed by atoms with Gasteiger partial charge in [-0.1, -0.05) is 15.9 Å². The monoisotopic (exact) mass is 430 g/mol. The number of amides is 4. The zero-order valence-electron chi connectivity index (χ0n) is 14.5. The number of rotatable bonds is 4. The molecule has 1 aliphatic rings. The van der Waals surface area contributed by atoms with E-state index in [1.165, 1.54) is 20.3 Å². The molecule has 0 bridgehead atoms. The summed E-state index contributed by atoms with van der Waals surface area (Å²) in [5.41, 5.74) is 0.626. The van der Waals surface area contributed by atoms with Gasteiger partial charge in [-0.2, -0.15) is 0 Å². The van der Waals surface area contributed by atoms with E-state index in [1.807, 2.05) is 0 Å². The Hall–Kier alpha value is -3.13. The van der Waals surface area contributed by atoms with Gasteiger partial charge < -0.3 is 9.47 Å². The first kappa shape index (κ1) is 18.7.